The van der Waals surface area contributed by atoms with Crippen molar-refractivity contribution in [3.63, 3.8) is 0 Å². The predicted molar refractivity (Wildman–Crippen MR) is 69.3 cm³/mol. The molecule has 2 rings (SSSR count). The van der Waals surface area contributed by atoms with Gasteiger partial charge in [0, 0.05) is 24.7 Å². The molecule has 0 radical (unpaired) electrons. The number of carboxylic acid groups (broad SMARTS) is 1. The molecule has 1 N–H and O–H groups in total. The fourth-order valence-corrected chi connectivity index (χ4v) is 1.96. The molecule has 100 valence electrons. The first-order valence-electron chi connectivity index (χ1n) is 5.99. The van der Waals surface area contributed by atoms with Crippen molar-refractivity contribution in [3.8, 4) is 11.4 Å². The van der Waals surface area contributed by atoms with Crippen LogP contribution in [0.5, 0.6) is 0 Å². The molecule has 0 unspecified atom stereocenters. The summed E-state index contributed by atoms with van der Waals surface area (Å²) in [5.41, 5.74) is 2.51. The highest BCUT2D eigenvalue weighted by Gasteiger charge is 2.13. The van der Waals surface area contributed by atoms with Gasteiger partial charge in [0.25, 0.3) is 0 Å². The second-order valence-electron chi connectivity index (χ2n) is 4.43. The minimum atomic E-state index is -0.839. The van der Waals surface area contributed by atoms with Crippen molar-refractivity contribution in [2.24, 2.45) is 7.05 Å². The first-order chi connectivity index (χ1) is 8.99. The fourth-order valence-electron chi connectivity index (χ4n) is 1.96. The molecule has 1 aromatic carbocycles. The first kappa shape index (κ1) is 13.3. The van der Waals surface area contributed by atoms with E-state index in [2.05, 4.69) is 4.98 Å². The Morgan fingerprint density at radius 1 is 1.37 bits per heavy atom. The van der Waals surface area contributed by atoms with Crippen molar-refractivity contribution in [2.75, 3.05) is 0 Å². The van der Waals surface area contributed by atoms with Crippen LogP contribution < -0.4 is 0 Å². The topological polar surface area (TPSA) is 55.1 Å². The van der Waals surface area contributed by atoms with Gasteiger partial charge in [0.05, 0.1) is 12.1 Å². The van der Waals surface area contributed by atoms with Crippen LogP contribution in [0.1, 0.15) is 17.8 Å². The molecule has 0 spiro atoms. The lowest BCUT2D eigenvalue weighted by Crippen LogP contribution is -1.99. The molecular formula is C14H15FN2O2. The van der Waals surface area contributed by atoms with Crippen molar-refractivity contribution in [1.82, 2.24) is 9.55 Å². The molecule has 4 nitrogen and oxygen atoms in total. The molecule has 0 bridgehead atoms. The van der Waals surface area contributed by atoms with E-state index in [-0.39, 0.29) is 12.2 Å². The van der Waals surface area contributed by atoms with Crippen molar-refractivity contribution >= 4 is 5.97 Å². The van der Waals surface area contributed by atoms with Gasteiger partial charge in [0.1, 0.15) is 11.6 Å². The van der Waals surface area contributed by atoms with Crippen LogP contribution in [-0.4, -0.2) is 20.6 Å². The standard InChI is InChI=1S/C14H15FN2O2/c1-9-12(7-8-13(18)19)16-14(17(9)2)10-3-5-11(15)6-4-10/h3-6H,7-8H2,1-2H3,(H,18,19). The second kappa shape index (κ2) is 5.22. The summed E-state index contributed by atoms with van der Waals surface area (Å²) in [6.07, 6.45) is 0.455. The zero-order chi connectivity index (χ0) is 14.0. The summed E-state index contributed by atoms with van der Waals surface area (Å²) in [5.74, 6) is -0.410. The lowest BCUT2D eigenvalue weighted by atomic mass is 10.2. The van der Waals surface area contributed by atoms with E-state index in [0.717, 1.165) is 22.8 Å². The van der Waals surface area contributed by atoms with Crippen LogP contribution in [0.4, 0.5) is 4.39 Å². The third-order valence-electron chi connectivity index (χ3n) is 3.16. The number of benzene rings is 1. The largest absolute Gasteiger partial charge is 0.481 e. The predicted octanol–water partition coefficient (Wildman–Crippen LogP) is 2.55. The van der Waals surface area contributed by atoms with Gasteiger partial charge >= 0.3 is 5.97 Å². The summed E-state index contributed by atoms with van der Waals surface area (Å²) >= 11 is 0. The molecule has 0 fully saturated rings. The molecule has 0 aliphatic heterocycles. The van der Waals surface area contributed by atoms with Gasteiger partial charge in [-0.15, -0.1) is 0 Å². The molecule has 0 aliphatic carbocycles. The zero-order valence-corrected chi connectivity index (χ0v) is 10.9. The highest BCUT2D eigenvalue weighted by atomic mass is 19.1. The Kier molecular flexibility index (Phi) is 3.64. The van der Waals surface area contributed by atoms with Crippen molar-refractivity contribution in [3.05, 3.63) is 41.5 Å². The van der Waals surface area contributed by atoms with Crippen LogP contribution in [0, 0.1) is 12.7 Å². The Labute approximate surface area is 110 Å². The Balaban J connectivity index is 2.34. The average Bonchev–Trinajstić information content (AvgIpc) is 2.65. The van der Waals surface area contributed by atoms with Crippen LogP contribution in [0.15, 0.2) is 24.3 Å². The number of rotatable bonds is 4. The van der Waals surface area contributed by atoms with Gasteiger partial charge in [0.2, 0.25) is 0 Å². The van der Waals surface area contributed by atoms with E-state index in [9.17, 15) is 9.18 Å². The number of hydrogen-bond acceptors (Lipinski definition) is 2. The normalized spacial score (nSPS) is 10.7. The lowest BCUT2D eigenvalue weighted by molar-refractivity contribution is -0.136. The number of hydrogen-bond donors (Lipinski definition) is 1. The van der Waals surface area contributed by atoms with E-state index in [1.807, 2.05) is 18.5 Å². The number of aromatic nitrogens is 2. The average molecular weight is 262 g/mol. The van der Waals surface area contributed by atoms with Gasteiger partial charge in [-0.2, -0.15) is 0 Å². The fraction of sp³-hybridized carbons (Fsp3) is 0.286. The highest BCUT2D eigenvalue weighted by molar-refractivity contribution is 5.67. The molecule has 0 saturated heterocycles. The van der Waals surface area contributed by atoms with Crippen molar-refractivity contribution in [1.29, 1.82) is 0 Å². The van der Waals surface area contributed by atoms with Crippen molar-refractivity contribution in [2.45, 2.75) is 19.8 Å². The molecule has 0 aliphatic rings. The summed E-state index contributed by atoms with van der Waals surface area (Å²) in [6, 6.07) is 6.10. The highest BCUT2D eigenvalue weighted by Crippen LogP contribution is 2.22. The van der Waals surface area contributed by atoms with Crippen LogP contribution in [0.2, 0.25) is 0 Å². The SMILES string of the molecule is Cc1c(CCC(=O)O)nc(-c2ccc(F)cc2)n1C. The summed E-state index contributed by atoms with van der Waals surface area (Å²) < 4.78 is 14.8. The van der Waals surface area contributed by atoms with Gasteiger partial charge in [-0.05, 0) is 31.2 Å². The first-order valence-corrected chi connectivity index (χ1v) is 5.99. The molecule has 5 heteroatoms. The van der Waals surface area contributed by atoms with E-state index >= 15 is 0 Å². The molecule has 0 saturated carbocycles. The molecule has 2 aromatic rings. The number of halogens is 1. The number of carboxylic acids is 1. The second-order valence-corrected chi connectivity index (χ2v) is 4.43. The molecule has 1 aromatic heterocycles. The smallest absolute Gasteiger partial charge is 0.303 e. The lowest BCUT2D eigenvalue weighted by Gasteiger charge is -2.02. The number of carbonyl (C=O) groups is 1. The van der Waals surface area contributed by atoms with Crippen LogP contribution in [0.3, 0.4) is 0 Å². The maximum Gasteiger partial charge on any atom is 0.303 e. The number of aryl methyl sites for hydroxylation is 1. The maximum atomic E-state index is 12.9. The molecule has 0 atom stereocenters. The number of imidazole rings is 1. The molecule has 1 heterocycles. The molecule has 0 amide bonds. The Hall–Kier alpha value is -2.17. The molecule has 19 heavy (non-hydrogen) atoms. The zero-order valence-electron chi connectivity index (χ0n) is 10.9. The minimum Gasteiger partial charge on any atom is -0.481 e. The Morgan fingerprint density at radius 3 is 2.58 bits per heavy atom. The maximum absolute atomic E-state index is 12.9. The van der Waals surface area contributed by atoms with Crippen LogP contribution in [-0.2, 0) is 18.3 Å². The van der Waals surface area contributed by atoms with Crippen molar-refractivity contribution < 1.29 is 14.3 Å². The van der Waals surface area contributed by atoms with Gasteiger partial charge in [-0.3, -0.25) is 4.79 Å². The van der Waals surface area contributed by atoms with Crippen LogP contribution in [0.25, 0.3) is 11.4 Å². The third kappa shape index (κ3) is 2.81. The van der Waals surface area contributed by atoms with E-state index in [1.54, 1.807) is 12.1 Å². The van der Waals surface area contributed by atoms with Gasteiger partial charge in [-0.25, -0.2) is 9.37 Å². The van der Waals surface area contributed by atoms with E-state index in [0.29, 0.717) is 6.42 Å². The monoisotopic (exact) mass is 262 g/mol. The summed E-state index contributed by atoms with van der Waals surface area (Å²) in [6.45, 7) is 1.90. The van der Waals surface area contributed by atoms with Gasteiger partial charge in [-0.1, -0.05) is 0 Å². The third-order valence-corrected chi connectivity index (χ3v) is 3.16. The summed E-state index contributed by atoms with van der Waals surface area (Å²) in [5, 5.41) is 8.71. The van der Waals surface area contributed by atoms with E-state index < -0.39 is 5.97 Å². The number of nitrogens with zero attached hydrogens (tertiary/aromatic N) is 2. The Bertz CT molecular complexity index is 603. The van der Waals surface area contributed by atoms with E-state index in [1.165, 1.54) is 12.1 Å². The summed E-state index contributed by atoms with van der Waals surface area (Å²) in [4.78, 5) is 15.1. The van der Waals surface area contributed by atoms with Gasteiger partial charge in [0.15, 0.2) is 0 Å². The van der Waals surface area contributed by atoms with Crippen LogP contribution >= 0.6 is 0 Å². The molecular weight excluding hydrogens is 247 g/mol. The number of aliphatic carboxylic acids is 1. The quantitative estimate of drug-likeness (QED) is 0.921. The van der Waals surface area contributed by atoms with Gasteiger partial charge < -0.3 is 9.67 Å². The summed E-state index contributed by atoms with van der Waals surface area (Å²) in [7, 11) is 1.87. The minimum absolute atomic E-state index is 0.0563. The van der Waals surface area contributed by atoms with E-state index in [4.69, 9.17) is 5.11 Å². The Morgan fingerprint density at radius 2 is 2.00 bits per heavy atom.